The highest BCUT2D eigenvalue weighted by atomic mass is 35.5. The molecule has 0 unspecified atom stereocenters. The molecular formula is C15H16ClN3O5S. The van der Waals surface area contributed by atoms with E-state index in [0.29, 0.717) is 17.1 Å². The summed E-state index contributed by atoms with van der Waals surface area (Å²) in [5.74, 6) is -0.177. The standard InChI is InChI=1S/C15H16ClN3O5S/c1-8-6-11(9(2)24-8)15(21)18-17-14(20)10-4-5-12(16)13(7-10)19-25(3,22)23/h4-7,19H,1-3H3,(H,17,20)(H,18,21). The molecule has 0 saturated carbocycles. The molecule has 0 radical (unpaired) electrons. The lowest BCUT2D eigenvalue weighted by Crippen LogP contribution is -2.41. The van der Waals surface area contributed by atoms with Gasteiger partial charge in [0.1, 0.15) is 11.5 Å². The van der Waals surface area contributed by atoms with Gasteiger partial charge in [-0.15, -0.1) is 0 Å². The number of hydrogen-bond donors (Lipinski definition) is 3. The molecule has 2 aromatic rings. The summed E-state index contributed by atoms with van der Waals surface area (Å²) in [6.45, 7) is 3.33. The fourth-order valence-corrected chi connectivity index (χ4v) is 2.84. The normalized spacial score (nSPS) is 11.0. The lowest BCUT2D eigenvalue weighted by atomic mass is 10.2. The van der Waals surface area contributed by atoms with E-state index in [1.807, 2.05) is 0 Å². The van der Waals surface area contributed by atoms with E-state index in [0.717, 1.165) is 6.26 Å². The Kier molecular flexibility index (Phi) is 5.39. The van der Waals surface area contributed by atoms with Crippen molar-refractivity contribution in [1.82, 2.24) is 10.9 Å². The number of rotatable bonds is 4. The molecule has 8 nitrogen and oxygen atoms in total. The first kappa shape index (κ1) is 18.8. The summed E-state index contributed by atoms with van der Waals surface area (Å²) in [7, 11) is -3.55. The zero-order valence-corrected chi connectivity index (χ0v) is 15.2. The van der Waals surface area contributed by atoms with E-state index in [9.17, 15) is 18.0 Å². The van der Waals surface area contributed by atoms with Gasteiger partial charge in [0, 0.05) is 5.56 Å². The second-order valence-corrected chi connectivity index (χ2v) is 7.46. The molecule has 0 bridgehead atoms. The number of amides is 2. The van der Waals surface area contributed by atoms with Crippen molar-refractivity contribution in [1.29, 1.82) is 0 Å². The number of anilines is 1. The topological polar surface area (TPSA) is 118 Å². The molecule has 134 valence electrons. The van der Waals surface area contributed by atoms with Crippen molar-refractivity contribution in [3.8, 4) is 0 Å². The number of halogens is 1. The molecule has 3 N–H and O–H groups in total. The number of hydrazine groups is 1. The van der Waals surface area contributed by atoms with Gasteiger partial charge in [0.25, 0.3) is 11.8 Å². The minimum absolute atomic E-state index is 0.0597. The fraction of sp³-hybridized carbons (Fsp3) is 0.200. The van der Waals surface area contributed by atoms with Crippen molar-refractivity contribution in [2.45, 2.75) is 13.8 Å². The molecule has 1 aromatic carbocycles. The summed E-state index contributed by atoms with van der Waals surface area (Å²) in [4.78, 5) is 24.2. The number of furan rings is 1. The van der Waals surface area contributed by atoms with Crippen LogP contribution in [0.25, 0.3) is 0 Å². The summed E-state index contributed by atoms with van der Waals surface area (Å²) in [5.41, 5.74) is 4.97. The van der Waals surface area contributed by atoms with Gasteiger partial charge < -0.3 is 4.42 Å². The third kappa shape index (κ3) is 4.97. The van der Waals surface area contributed by atoms with Gasteiger partial charge in [-0.2, -0.15) is 0 Å². The van der Waals surface area contributed by atoms with Gasteiger partial charge in [-0.25, -0.2) is 8.42 Å². The first-order valence-electron chi connectivity index (χ1n) is 7.02. The molecule has 1 heterocycles. The number of carbonyl (C=O) groups is 2. The minimum Gasteiger partial charge on any atom is -0.466 e. The Hall–Kier alpha value is -2.52. The van der Waals surface area contributed by atoms with Crippen LogP contribution in [0.15, 0.2) is 28.7 Å². The smallest absolute Gasteiger partial charge is 0.273 e. The molecule has 1 aromatic heterocycles. The second kappa shape index (κ2) is 7.16. The van der Waals surface area contributed by atoms with Crippen LogP contribution in [0, 0.1) is 13.8 Å². The third-order valence-corrected chi connectivity index (χ3v) is 4.02. The Bertz CT molecular complexity index is 937. The molecule has 10 heteroatoms. The Morgan fingerprint density at radius 1 is 1.08 bits per heavy atom. The molecular weight excluding hydrogens is 370 g/mol. The van der Waals surface area contributed by atoms with E-state index < -0.39 is 21.8 Å². The Morgan fingerprint density at radius 2 is 1.72 bits per heavy atom. The highest BCUT2D eigenvalue weighted by Gasteiger charge is 2.16. The van der Waals surface area contributed by atoms with Crippen molar-refractivity contribution >= 4 is 39.1 Å². The van der Waals surface area contributed by atoms with E-state index in [4.69, 9.17) is 16.0 Å². The van der Waals surface area contributed by atoms with Crippen molar-refractivity contribution in [2.75, 3.05) is 11.0 Å². The highest BCUT2D eigenvalue weighted by Crippen LogP contribution is 2.23. The minimum atomic E-state index is -3.55. The largest absolute Gasteiger partial charge is 0.466 e. The van der Waals surface area contributed by atoms with Crippen LogP contribution in [0.5, 0.6) is 0 Å². The fourth-order valence-electron chi connectivity index (χ4n) is 2.05. The molecule has 0 spiro atoms. The molecule has 25 heavy (non-hydrogen) atoms. The quantitative estimate of drug-likeness (QED) is 0.696. The predicted octanol–water partition coefficient (Wildman–Crippen LogP) is 2.00. The average Bonchev–Trinajstić information content (AvgIpc) is 2.84. The van der Waals surface area contributed by atoms with Crippen molar-refractivity contribution < 1.29 is 22.4 Å². The van der Waals surface area contributed by atoms with E-state index in [1.165, 1.54) is 18.2 Å². The number of hydrogen-bond acceptors (Lipinski definition) is 5. The van der Waals surface area contributed by atoms with E-state index in [1.54, 1.807) is 19.9 Å². The van der Waals surface area contributed by atoms with Gasteiger partial charge in [0.15, 0.2) is 0 Å². The van der Waals surface area contributed by atoms with Crippen LogP contribution >= 0.6 is 11.6 Å². The number of aryl methyl sites for hydroxylation is 2. The van der Waals surface area contributed by atoms with Crippen LogP contribution in [-0.4, -0.2) is 26.5 Å². The first-order chi connectivity index (χ1) is 11.6. The lowest BCUT2D eigenvalue weighted by molar-refractivity contribution is 0.0845. The van der Waals surface area contributed by atoms with E-state index >= 15 is 0 Å². The maximum Gasteiger partial charge on any atom is 0.273 e. The van der Waals surface area contributed by atoms with Gasteiger partial charge >= 0.3 is 0 Å². The van der Waals surface area contributed by atoms with Crippen LogP contribution in [0.3, 0.4) is 0 Å². The molecule has 2 rings (SSSR count). The number of benzene rings is 1. The molecule has 0 aliphatic heterocycles. The first-order valence-corrected chi connectivity index (χ1v) is 9.29. The Morgan fingerprint density at radius 3 is 2.28 bits per heavy atom. The van der Waals surface area contributed by atoms with Gasteiger partial charge in [0.05, 0.1) is 22.5 Å². The summed E-state index contributed by atoms with van der Waals surface area (Å²) in [6, 6.07) is 5.57. The number of sulfonamides is 1. The van der Waals surface area contributed by atoms with Crippen molar-refractivity contribution in [2.24, 2.45) is 0 Å². The second-order valence-electron chi connectivity index (χ2n) is 5.30. The zero-order chi connectivity index (χ0) is 18.8. The number of carbonyl (C=O) groups excluding carboxylic acids is 2. The van der Waals surface area contributed by atoms with Gasteiger partial charge in [-0.3, -0.25) is 25.2 Å². The van der Waals surface area contributed by atoms with Crippen molar-refractivity contribution in [3.63, 3.8) is 0 Å². The van der Waals surface area contributed by atoms with Gasteiger partial charge in [-0.05, 0) is 38.1 Å². The van der Waals surface area contributed by atoms with E-state index in [-0.39, 0.29) is 16.3 Å². The van der Waals surface area contributed by atoms with Crippen molar-refractivity contribution in [3.05, 3.63) is 51.9 Å². The zero-order valence-electron chi connectivity index (χ0n) is 13.6. The predicted molar refractivity (Wildman–Crippen MR) is 93.0 cm³/mol. The Labute approximate surface area is 149 Å². The third-order valence-electron chi connectivity index (χ3n) is 3.10. The summed E-state index contributed by atoms with van der Waals surface area (Å²) in [5, 5.41) is 0.135. The lowest BCUT2D eigenvalue weighted by Gasteiger charge is -2.10. The molecule has 0 aliphatic carbocycles. The summed E-state index contributed by atoms with van der Waals surface area (Å²) >= 11 is 5.90. The van der Waals surface area contributed by atoms with Gasteiger partial charge in [0.2, 0.25) is 10.0 Å². The maximum absolute atomic E-state index is 12.1. The van der Waals surface area contributed by atoms with Crippen LogP contribution in [0.4, 0.5) is 5.69 Å². The van der Waals surface area contributed by atoms with Crippen LogP contribution in [-0.2, 0) is 10.0 Å². The molecule has 0 saturated heterocycles. The van der Waals surface area contributed by atoms with Crippen LogP contribution in [0.2, 0.25) is 5.02 Å². The number of nitrogens with one attached hydrogen (secondary N) is 3. The Balaban J connectivity index is 2.09. The molecule has 2 amide bonds. The molecule has 0 aliphatic rings. The maximum atomic E-state index is 12.1. The SMILES string of the molecule is Cc1cc(C(=O)NNC(=O)c2ccc(Cl)c(NS(C)(=O)=O)c2)c(C)o1. The monoisotopic (exact) mass is 385 g/mol. The molecule has 0 fully saturated rings. The summed E-state index contributed by atoms with van der Waals surface area (Å²) < 4.78 is 30.1. The van der Waals surface area contributed by atoms with Gasteiger partial charge in [-0.1, -0.05) is 11.6 Å². The van der Waals surface area contributed by atoms with Crippen LogP contribution < -0.4 is 15.6 Å². The average molecular weight is 386 g/mol. The van der Waals surface area contributed by atoms with E-state index in [2.05, 4.69) is 15.6 Å². The van der Waals surface area contributed by atoms with Crippen LogP contribution in [0.1, 0.15) is 32.2 Å². The summed E-state index contributed by atoms with van der Waals surface area (Å²) in [6.07, 6.45) is 0.964. The molecule has 0 atom stereocenters. The highest BCUT2D eigenvalue weighted by molar-refractivity contribution is 7.92.